The van der Waals surface area contributed by atoms with Crippen molar-refractivity contribution in [2.45, 2.75) is 60.1 Å². The molecule has 1 heterocycles. The number of allylic oxidation sites excluding steroid dienone is 2. The van der Waals surface area contributed by atoms with Crippen molar-refractivity contribution in [3.8, 4) is 22.4 Å². The number of rotatable bonds is 2. The Balaban J connectivity index is 0.000000297. The number of ketones is 1. The quantitative estimate of drug-likeness (QED) is 0.0961. The molecule has 42 heavy (non-hydrogen) atoms. The third-order valence-electron chi connectivity index (χ3n) is 7.50. The molecule has 5 rings (SSSR count). The van der Waals surface area contributed by atoms with E-state index in [0.717, 1.165) is 10.9 Å². The number of alkyl halides is 3. The monoisotopic (exact) mass is 752 g/mol. The van der Waals surface area contributed by atoms with E-state index in [-0.39, 0.29) is 53.6 Å². The van der Waals surface area contributed by atoms with Gasteiger partial charge in [-0.15, -0.1) is 29.3 Å². The molecular weight excluding hydrogens is 716 g/mol. The van der Waals surface area contributed by atoms with Crippen LogP contribution in [0.4, 0.5) is 13.2 Å². The molecule has 223 valence electrons. The number of para-hydroxylation sites is 1. The summed E-state index contributed by atoms with van der Waals surface area (Å²) in [6.45, 7) is 12.6. The molecule has 0 spiro atoms. The maximum Gasteiger partial charge on any atom is 0.400 e. The molecule has 1 radical (unpaired) electrons. The zero-order valence-corrected chi connectivity index (χ0v) is 27.2. The average molecular weight is 752 g/mol. The molecule has 0 aliphatic heterocycles. The molecule has 1 unspecified atom stereocenters. The van der Waals surface area contributed by atoms with Crippen LogP contribution in [0.1, 0.15) is 59.6 Å². The van der Waals surface area contributed by atoms with Crippen LogP contribution in [0.3, 0.4) is 0 Å². The summed E-state index contributed by atoms with van der Waals surface area (Å²) in [5.74, 6) is 0.417. The molecule has 2 N–H and O–H groups in total. The van der Waals surface area contributed by atoms with Gasteiger partial charge < -0.3 is 5.11 Å². The molecule has 0 fully saturated rings. The van der Waals surface area contributed by atoms with Crippen LogP contribution >= 0.6 is 0 Å². The molecule has 3 aromatic carbocycles. The number of aliphatic hydroxyl groups excluding tert-OH is 1. The topological polar surface area (TPSA) is 54.5 Å². The van der Waals surface area contributed by atoms with Crippen LogP contribution in [0, 0.1) is 16.9 Å². The van der Waals surface area contributed by atoms with Crippen LogP contribution in [0.15, 0.2) is 84.6 Å². The summed E-state index contributed by atoms with van der Waals surface area (Å²) in [6.07, 6.45) is -2.97. The van der Waals surface area contributed by atoms with E-state index in [9.17, 15) is 23.1 Å². The Morgan fingerprint density at radius 1 is 0.857 bits per heavy atom. The van der Waals surface area contributed by atoms with Crippen LogP contribution in [-0.2, 0) is 25.5 Å². The fourth-order valence-corrected chi connectivity index (χ4v) is 4.66. The van der Waals surface area contributed by atoms with E-state index in [4.69, 9.17) is 0 Å². The summed E-state index contributed by atoms with van der Waals surface area (Å²) in [5, 5.41) is 10.6. The molecule has 0 amide bonds. The van der Waals surface area contributed by atoms with Crippen molar-refractivity contribution < 1.29 is 43.2 Å². The van der Waals surface area contributed by atoms with Crippen molar-refractivity contribution in [3.05, 3.63) is 102 Å². The number of halogens is 3. The molecule has 1 aliphatic rings. The number of nitrogens with zero attached hydrogens (tertiary/aromatic N) is 1. The van der Waals surface area contributed by atoms with Gasteiger partial charge in [0.2, 0.25) is 0 Å². The maximum atomic E-state index is 14.2. The van der Waals surface area contributed by atoms with Crippen LogP contribution in [-0.4, -0.2) is 26.8 Å². The molecular formula is C35H36F3IrNO2. The Labute approximate surface area is 259 Å². The first-order valence-corrected chi connectivity index (χ1v) is 13.5. The van der Waals surface area contributed by atoms with Crippen LogP contribution in [0.5, 0.6) is 0 Å². The van der Waals surface area contributed by atoms with Crippen LogP contribution in [0.25, 0.3) is 33.3 Å². The number of hydrogen-bond acceptors (Lipinski definition) is 2. The minimum absolute atomic E-state index is 0. The Kier molecular flexibility index (Phi) is 9.31. The minimum atomic E-state index is -4.41. The molecule has 0 saturated carbocycles. The summed E-state index contributed by atoms with van der Waals surface area (Å²) in [4.78, 5) is 14.2. The van der Waals surface area contributed by atoms with Gasteiger partial charge in [0.1, 0.15) is 5.76 Å². The number of aliphatic hydroxyl groups is 1. The van der Waals surface area contributed by atoms with Crippen LogP contribution < -0.4 is 0 Å². The smallest absolute Gasteiger partial charge is 0.400 e. The standard InChI is InChI=1S/C24H15F3N.C11H20O2.Ir/c1-23(24(25,26)27)19-8-4-3-7-17(19)18-12-10-16(14-20(18)23)22-13-11-15-6-2-5-9-21(15)28-22;1-10(2,3)8(12)7-9(13)11(4,5)6;/h2-9,11-14H,1H3;7,12H,1-6H3;/q-1;;/p+1/b;8-7-;. The predicted molar refractivity (Wildman–Crippen MR) is 161 cm³/mol. The second-order valence-corrected chi connectivity index (χ2v) is 12.6. The molecule has 3 nitrogen and oxygen atoms in total. The van der Waals surface area contributed by atoms with Crippen molar-refractivity contribution in [1.29, 1.82) is 0 Å². The second-order valence-electron chi connectivity index (χ2n) is 12.6. The fraction of sp³-hybridized carbons (Fsp3) is 0.314. The van der Waals surface area contributed by atoms with Gasteiger partial charge in [-0.1, -0.05) is 86.5 Å². The van der Waals surface area contributed by atoms with Gasteiger partial charge in [-0.25, -0.2) is 0 Å². The fourth-order valence-electron chi connectivity index (χ4n) is 4.66. The zero-order valence-electron chi connectivity index (χ0n) is 24.8. The summed E-state index contributed by atoms with van der Waals surface area (Å²) in [7, 11) is 0. The first-order chi connectivity index (χ1) is 18.9. The van der Waals surface area contributed by atoms with E-state index in [1.165, 1.54) is 13.0 Å². The molecule has 1 aliphatic carbocycles. The Morgan fingerprint density at radius 2 is 1.48 bits per heavy atom. The van der Waals surface area contributed by atoms with Gasteiger partial charge in [0.15, 0.2) is 0 Å². The number of pyridine rings is 1. The van der Waals surface area contributed by atoms with Crippen molar-refractivity contribution in [1.82, 2.24) is 4.98 Å². The SMILES string of the molecule is CC(C)(C)C(=[OH+])/C=C(\O)C(C)(C)C.CC1(C(F)(F)F)c2ccccc2-c2c[c-]c(-c3ccc4ccccc4n3)cc21.[Ir]. The molecule has 4 aromatic rings. The third kappa shape index (κ3) is 6.38. The van der Waals surface area contributed by atoms with E-state index in [2.05, 4.69) is 11.1 Å². The number of carbonyl (C=O) groups excluding carboxylic acids is 1. The van der Waals surface area contributed by atoms with Crippen molar-refractivity contribution >= 4 is 16.7 Å². The minimum Gasteiger partial charge on any atom is -0.511 e. The van der Waals surface area contributed by atoms with E-state index in [1.807, 2.05) is 77.9 Å². The van der Waals surface area contributed by atoms with Crippen molar-refractivity contribution in [2.75, 3.05) is 0 Å². The maximum absolute atomic E-state index is 14.2. The average Bonchev–Trinajstić information content (AvgIpc) is 3.17. The predicted octanol–water partition coefficient (Wildman–Crippen LogP) is 9.61. The molecule has 0 saturated heterocycles. The number of benzene rings is 3. The molecule has 0 bridgehead atoms. The van der Waals surface area contributed by atoms with Gasteiger partial charge in [0.05, 0.1) is 22.4 Å². The van der Waals surface area contributed by atoms with Gasteiger partial charge in [0.25, 0.3) is 0 Å². The summed E-state index contributed by atoms with van der Waals surface area (Å²) >= 11 is 0. The van der Waals surface area contributed by atoms with Gasteiger partial charge in [-0.3, -0.25) is 9.78 Å². The van der Waals surface area contributed by atoms with Gasteiger partial charge in [-0.05, 0) is 50.4 Å². The number of fused-ring (bicyclic) bond motifs is 4. The number of aromatic nitrogens is 1. The first-order valence-electron chi connectivity index (χ1n) is 13.5. The first kappa shape index (κ1) is 33.2. The Bertz CT molecular complexity index is 1640. The van der Waals surface area contributed by atoms with Gasteiger partial charge >= 0.3 is 12.0 Å². The van der Waals surface area contributed by atoms with E-state index < -0.39 is 11.6 Å². The van der Waals surface area contributed by atoms with E-state index >= 15 is 0 Å². The summed E-state index contributed by atoms with van der Waals surface area (Å²) in [6, 6.07) is 24.6. The second kappa shape index (κ2) is 11.8. The largest absolute Gasteiger partial charge is 0.511 e. The molecule has 7 heteroatoms. The zero-order chi connectivity index (χ0) is 30.4. The summed E-state index contributed by atoms with van der Waals surface area (Å²) < 4.78 is 42.7. The normalized spacial score (nSPS) is 16.6. The van der Waals surface area contributed by atoms with Crippen molar-refractivity contribution in [2.24, 2.45) is 10.8 Å². The van der Waals surface area contributed by atoms with Gasteiger partial charge in [-0.2, -0.15) is 13.2 Å². The van der Waals surface area contributed by atoms with E-state index in [1.54, 1.807) is 36.4 Å². The van der Waals surface area contributed by atoms with Crippen LogP contribution in [0.2, 0.25) is 0 Å². The number of hydrogen-bond donors (Lipinski definition) is 1. The van der Waals surface area contributed by atoms with Gasteiger partial charge in [0, 0.05) is 25.5 Å². The molecule has 1 atom stereocenters. The van der Waals surface area contributed by atoms with Crippen molar-refractivity contribution in [3.63, 3.8) is 0 Å². The molecule has 1 aromatic heterocycles. The summed E-state index contributed by atoms with van der Waals surface area (Å²) in [5.41, 5.74) is 1.05. The third-order valence-corrected chi connectivity index (χ3v) is 7.50. The Morgan fingerprint density at radius 3 is 2.10 bits per heavy atom. The van der Waals surface area contributed by atoms with E-state index in [0.29, 0.717) is 22.4 Å². The Hall–Kier alpha value is -3.28.